The van der Waals surface area contributed by atoms with Crippen molar-refractivity contribution in [2.24, 2.45) is 0 Å². The van der Waals surface area contributed by atoms with E-state index in [1.54, 1.807) is 28.8 Å². The summed E-state index contributed by atoms with van der Waals surface area (Å²) in [6, 6.07) is 18.3. The van der Waals surface area contributed by atoms with Crippen molar-refractivity contribution < 1.29 is 9.90 Å². The van der Waals surface area contributed by atoms with Gasteiger partial charge in [-0.25, -0.2) is 4.79 Å². The molecule has 0 radical (unpaired) electrons. The zero-order chi connectivity index (χ0) is 20.8. The molecular formula is C23H21Cl2NO3. The van der Waals surface area contributed by atoms with Gasteiger partial charge in [-0.05, 0) is 55.0 Å². The molecule has 0 bridgehead atoms. The second-order valence-electron chi connectivity index (χ2n) is 6.83. The minimum absolute atomic E-state index is 0.100. The number of nitrogens with zero attached hydrogens (tertiary/aromatic N) is 1. The molecule has 150 valence electrons. The lowest BCUT2D eigenvalue weighted by molar-refractivity contribution is 0.0697. The molecule has 3 rings (SSSR count). The molecule has 0 aliphatic heterocycles. The molecule has 0 unspecified atom stereocenters. The molecule has 0 spiro atoms. The Morgan fingerprint density at radius 1 is 0.862 bits per heavy atom. The van der Waals surface area contributed by atoms with Gasteiger partial charge in [-0.3, -0.25) is 4.79 Å². The smallest absolute Gasteiger partial charge is 0.335 e. The van der Waals surface area contributed by atoms with Crippen molar-refractivity contribution in [3.63, 3.8) is 0 Å². The Bertz CT molecular complexity index is 1040. The number of pyridine rings is 1. The van der Waals surface area contributed by atoms with E-state index in [-0.39, 0.29) is 16.1 Å². The molecule has 6 heteroatoms. The van der Waals surface area contributed by atoms with Crippen LogP contribution in [0.15, 0.2) is 65.5 Å². The van der Waals surface area contributed by atoms with E-state index >= 15 is 0 Å². The third-order valence-electron chi connectivity index (χ3n) is 4.85. The maximum absolute atomic E-state index is 12.6. The normalized spacial score (nSPS) is 10.8. The minimum Gasteiger partial charge on any atom is -0.478 e. The first-order valence-electron chi connectivity index (χ1n) is 9.39. The molecule has 0 aliphatic rings. The van der Waals surface area contributed by atoms with Gasteiger partial charge in [-0.2, -0.15) is 0 Å². The van der Waals surface area contributed by atoms with Crippen LogP contribution in [-0.2, 0) is 25.8 Å². The summed E-state index contributed by atoms with van der Waals surface area (Å²) in [5.41, 5.74) is 2.93. The fourth-order valence-corrected chi connectivity index (χ4v) is 3.86. The van der Waals surface area contributed by atoms with Crippen LogP contribution < -0.4 is 5.56 Å². The van der Waals surface area contributed by atoms with E-state index in [0.717, 1.165) is 24.1 Å². The van der Waals surface area contributed by atoms with Crippen LogP contribution in [0.2, 0.25) is 10.0 Å². The van der Waals surface area contributed by atoms with Gasteiger partial charge in [0.05, 0.1) is 10.6 Å². The third kappa shape index (κ3) is 5.49. The van der Waals surface area contributed by atoms with E-state index in [4.69, 9.17) is 28.3 Å². The number of aromatic nitrogens is 1. The summed E-state index contributed by atoms with van der Waals surface area (Å²) in [5.74, 6) is -0.963. The highest BCUT2D eigenvalue weighted by Gasteiger charge is 2.13. The minimum atomic E-state index is -0.963. The molecule has 0 atom stereocenters. The molecule has 0 amide bonds. The second-order valence-corrected chi connectivity index (χ2v) is 7.65. The molecule has 0 saturated carbocycles. The van der Waals surface area contributed by atoms with Gasteiger partial charge in [0, 0.05) is 12.2 Å². The number of aryl methyl sites for hydroxylation is 2. The van der Waals surface area contributed by atoms with Gasteiger partial charge >= 0.3 is 5.97 Å². The van der Waals surface area contributed by atoms with Gasteiger partial charge < -0.3 is 9.67 Å². The van der Waals surface area contributed by atoms with Crippen molar-refractivity contribution in [2.45, 2.75) is 32.2 Å². The first-order chi connectivity index (χ1) is 14.0. The lowest BCUT2D eigenvalue weighted by Gasteiger charge is -2.15. The summed E-state index contributed by atoms with van der Waals surface area (Å²) in [7, 11) is 0. The Morgan fingerprint density at radius 3 is 2.17 bits per heavy atom. The molecule has 1 heterocycles. The summed E-state index contributed by atoms with van der Waals surface area (Å²) >= 11 is 12.5. The van der Waals surface area contributed by atoms with Crippen LogP contribution in [0.4, 0.5) is 0 Å². The van der Waals surface area contributed by atoms with Crippen LogP contribution in [0, 0.1) is 0 Å². The van der Waals surface area contributed by atoms with Crippen molar-refractivity contribution in [1.82, 2.24) is 4.57 Å². The number of halogens is 2. The molecule has 0 saturated heterocycles. The highest BCUT2D eigenvalue weighted by molar-refractivity contribution is 6.34. The molecule has 0 fully saturated rings. The number of rotatable bonds is 8. The van der Waals surface area contributed by atoms with Crippen LogP contribution in [0.25, 0.3) is 0 Å². The molecule has 4 nitrogen and oxygen atoms in total. The average molecular weight is 430 g/mol. The number of carboxylic acid groups (broad SMARTS) is 1. The van der Waals surface area contributed by atoms with Crippen molar-refractivity contribution in [3.8, 4) is 0 Å². The summed E-state index contributed by atoms with van der Waals surface area (Å²) < 4.78 is 1.64. The van der Waals surface area contributed by atoms with E-state index in [2.05, 4.69) is 12.1 Å². The fraction of sp³-hybridized carbons (Fsp3) is 0.217. The summed E-state index contributed by atoms with van der Waals surface area (Å²) in [6.45, 7) is 0.423. The van der Waals surface area contributed by atoms with Crippen LogP contribution in [0.5, 0.6) is 0 Å². The van der Waals surface area contributed by atoms with Crippen molar-refractivity contribution >= 4 is 29.2 Å². The predicted octanol–water partition coefficient (Wildman–Crippen LogP) is 5.27. The number of benzene rings is 2. The maximum Gasteiger partial charge on any atom is 0.335 e. The lowest BCUT2D eigenvalue weighted by atomic mass is 10.1. The number of carbonyl (C=O) groups is 1. The molecular weight excluding hydrogens is 409 g/mol. The molecule has 1 N–H and O–H groups in total. The zero-order valence-corrected chi connectivity index (χ0v) is 17.3. The lowest BCUT2D eigenvalue weighted by Crippen LogP contribution is -2.25. The number of hydrogen-bond acceptors (Lipinski definition) is 2. The SMILES string of the molecule is O=C(O)c1ccc(CCn2c(CCCc3ccccc3)c(Cl)cc(Cl)c2=O)cc1. The Hall–Kier alpha value is -2.56. The van der Waals surface area contributed by atoms with Crippen LogP contribution in [0.1, 0.15) is 33.6 Å². The van der Waals surface area contributed by atoms with Crippen molar-refractivity contribution in [2.75, 3.05) is 0 Å². The standard InChI is InChI=1S/C23H21Cl2NO3/c24-19-15-20(25)22(27)26(14-13-17-9-11-18(12-10-17)23(28)29)21(19)8-4-7-16-5-2-1-3-6-16/h1-3,5-6,9-12,15H,4,7-8,13-14H2,(H,28,29). The first-order valence-corrected chi connectivity index (χ1v) is 10.1. The van der Waals surface area contributed by atoms with E-state index in [0.29, 0.717) is 24.4 Å². The van der Waals surface area contributed by atoms with E-state index in [1.165, 1.54) is 11.6 Å². The number of aromatic carboxylic acids is 1. The van der Waals surface area contributed by atoms with E-state index < -0.39 is 5.97 Å². The van der Waals surface area contributed by atoms with Gasteiger partial charge in [0.1, 0.15) is 5.02 Å². The third-order valence-corrected chi connectivity index (χ3v) is 5.45. The highest BCUT2D eigenvalue weighted by Crippen LogP contribution is 2.21. The monoisotopic (exact) mass is 429 g/mol. The number of carboxylic acids is 1. The van der Waals surface area contributed by atoms with Gasteiger partial charge in [0.15, 0.2) is 0 Å². The van der Waals surface area contributed by atoms with Gasteiger partial charge in [0.2, 0.25) is 0 Å². The van der Waals surface area contributed by atoms with E-state index in [1.807, 2.05) is 18.2 Å². The molecule has 2 aromatic carbocycles. The van der Waals surface area contributed by atoms with Crippen LogP contribution in [-0.4, -0.2) is 15.6 Å². The van der Waals surface area contributed by atoms with Gasteiger partial charge in [0.25, 0.3) is 5.56 Å². The van der Waals surface area contributed by atoms with Crippen molar-refractivity contribution in [1.29, 1.82) is 0 Å². The summed E-state index contributed by atoms with van der Waals surface area (Å²) in [4.78, 5) is 23.6. The fourth-order valence-electron chi connectivity index (χ4n) is 3.29. The Kier molecular flexibility index (Phi) is 7.13. The van der Waals surface area contributed by atoms with Crippen LogP contribution in [0.3, 0.4) is 0 Å². The first kappa shape index (κ1) is 21.2. The molecule has 29 heavy (non-hydrogen) atoms. The zero-order valence-electron chi connectivity index (χ0n) is 15.8. The quantitative estimate of drug-likeness (QED) is 0.530. The molecule has 3 aromatic rings. The Labute approximate surface area is 179 Å². The second kappa shape index (κ2) is 9.77. The molecule has 0 aliphatic carbocycles. The maximum atomic E-state index is 12.6. The number of hydrogen-bond donors (Lipinski definition) is 1. The summed E-state index contributed by atoms with van der Waals surface area (Å²) in [6.07, 6.45) is 2.99. The average Bonchev–Trinajstić information content (AvgIpc) is 2.72. The van der Waals surface area contributed by atoms with Gasteiger partial charge in [-0.15, -0.1) is 0 Å². The Balaban J connectivity index is 1.75. The van der Waals surface area contributed by atoms with Crippen molar-refractivity contribution in [3.05, 3.63) is 103 Å². The highest BCUT2D eigenvalue weighted by atomic mass is 35.5. The topological polar surface area (TPSA) is 59.3 Å². The van der Waals surface area contributed by atoms with Crippen LogP contribution >= 0.6 is 23.2 Å². The van der Waals surface area contributed by atoms with Gasteiger partial charge in [-0.1, -0.05) is 65.7 Å². The largest absolute Gasteiger partial charge is 0.478 e. The predicted molar refractivity (Wildman–Crippen MR) is 116 cm³/mol. The molecule has 1 aromatic heterocycles. The van der Waals surface area contributed by atoms with E-state index in [9.17, 15) is 9.59 Å². The Morgan fingerprint density at radius 2 is 1.52 bits per heavy atom. The summed E-state index contributed by atoms with van der Waals surface area (Å²) in [5, 5.41) is 9.60.